The lowest BCUT2D eigenvalue weighted by atomic mass is 9.98. The van der Waals surface area contributed by atoms with Gasteiger partial charge >= 0.3 is 0 Å². The molecule has 0 aromatic carbocycles. The van der Waals surface area contributed by atoms with E-state index in [9.17, 15) is 0 Å². The molecule has 1 heterocycles. The normalized spacial score (nSPS) is 17.8. The smallest absolute Gasteiger partial charge is 0.00196 e. The molecule has 0 unspecified atom stereocenters. The van der Waals surface area contributed by atoms with Crippen LogP contribution in [0.4, 0.5) is 0 Å². The number of rotatable bonds is 6. The van der Waals surface area contributed by atoms with E-state index in [1.165, 1.54) is 38.9 Å². The van der Waals surface area contributed by atoms with Gasteiger partial charge in [0, 0.05) is 0 Å². The van der Waals surface area contributed by atoms with Crippen molar-refractivity contribution in [2.45, 2.75) is 25.7 Å². The summed E-state index contributed by atoms with van der Waals surface area (Å²) in [5.74, 6) is 0.902. The zero-order valence-electron chi connectivity index (χ0n) is 8.93. The van der Waals surface area contributed by atoms with E-state index in [2.05, 4.69) is 10.6 Å². The summed E-state index contributed by atoms with van der Waals surface area (Å²) >= 11 is 0. The molecule has 0 spiro atoms. The third-order valence-electron chi connectivity index (χ3n) is 2.70. The molecule has 86 valence electrons. The quantitative estimate of drug-likeness (QED) is 0.580. The van der Waals surface area contributed by atoms with Crippen LogP contribution in [0.25, 0.3) is 0 Å². The van der Waals surface area contributed by atoms with Crippen LogP contribution in [0.5, 0.6) is 0 Å². The average molecular weight is 222 g/mol. The number of piperidine rings is 1. The topological polar surface area (TPSA) is 50.1 Å². The molecule has 0 saturated carbocycles. The van der Waals surface area contributed by atoms with Gasteiger partial charge in [0.05, 0.1) is 0 Å². The Labute approximate surface area is 93.6 Å². The second-order valence-corrected chi connectivity index (χ2v) is 3.89. The Morgan fingerprint density at radius 3 is 2.57 bits per heavy atom. The van der Waals surface area contributed by atoms with Gasteiger partial charge in [-0.3, -0.25) is 0 Å². The van der Waals surface area contributed by atoms with Crippen LogP contribution in [0.2, 0.25) is 0 Å². The van der Waals surface area contributed by atoms with E-state index in [1.807, 2.05) is 0 Å². The third kappa shape index (κ3) is 6.60. The van der Waals surface area contributed by atoms with Gasteiger partial charge < -0.3 is 16.4 Å². The van der Waals surface area contributed by atoms with Crippen molar-refractivity contribution in [3.05, 3.63) is 0 Å². The molecular weight excluding hydrogens is 198 g/mol. The van der Waals surface area contributed by atoms with Crippen molar-refractivity contribution >= 4 is 12.4 Å². The van der Waals surface area contributed by atoms with Gasteiger partial charge in [0.1, 0.15) is 0 Å². The van der Waals surface area contributed by atoms with Gasteiger partial charge in [0.25, 0.3) is 0 Å². The fourth-order valence-corrected chi connectivity index (χ4v) is 1.79. The maximum atomic E-state index is 5.42. The summed E-state index contributed by atoms with van der Waals surface area (Å²) in [5, 5.41) is 6.89. The number of nitrogens with one attached hydrogen (secondary N) is 2. The summed E-state index contributed by atoms with van der Waals surface area (Å²) in [6, 6.07) is 0. The highest BCUT2D eigenvalue weighted by molar-refractivity contribution is 5.85. The van der Waals surface area contributed by atoms with E-state index < -0.39 is 0 Å². The molecule has 0 amide bonds. The first-order valence-electron chi connectivity index (χ1n) is 5.55. The Hall–Kier alpha value is 0.170. The highest BCUT2D eigenvalue weighted by Crippen LogP contribution is 2.09. The lowest BCUT2D eigenvalue weighted by Gasteiger charge is -2.22. The SMILES string of the molecule is Cl.NCCCCNCC1CCNCC1. The van der Waals surface area contributed by atoms with Crippen LogP contribution in [0.15, 0.2) is 0 Å². The van der Waals surface area contributed by atoms with Gasteiger partial charge in [0.15, 0.2) is 0 Å². The molecular formula is C10H24ClN3. The molecule has 0 radical (unpaired) electrons. The Kier molecular flexibility index (Phi) is 9.83. The lowest BCUT2D eigenvalue weighted by molar-refractivity contribution is 0.356. The number of unbranched alkanes of at least 4 members (excludes halogenated alkanes) is 1. The van der Waals surface area contributed by atoms with Gasteiger partial charge in [-0.1, -0.05) is 0 Å². The van der Waals surface area contributed by atoms with Crippen molar-refractivity contribution in [2.24, 2.45) is 11.7 Å². The predicted molar refractivity (Wildman–Crippen MR) is 64.0 cm³/mol. The van der Waals surface area contributed by atoms with Crippen molar-refractivity contribution in [3.63, 3.8) is 0 Å². The molecule has 0 aromatic heterocycles. The maximum absolute atomic E-state index is 5.42. The predicted octanol–water partition coefficient (Wildman–Crippen LogP) is 0.736. The van der Waals surface area contributed by atoms with Gasteiger partial charge in [-0.15, -0.1) is 12.4 Å². The molecule has 1 saturated heterocycles. The Balaban J connectivity index is 0.00000169. The molecule has 1 aliphatic heterocycles. The molecule has 1 fully saturated rings. The minimum atomic E-state index is 0. The summed E-state index contributed by atoms with van der Waals surface area (Å²) in [7, 11) is 0. The van der Waals surface area contributed by atoms with Crippen molar-refractivity contribution in [3.8, 4) is 0 Å². The first-order chi connectivity index (χ1) is 6.43. The second kappa shape index (κ2) is 9.71. The fourth-order valence-electron chi connectivity index (χ4n) is 1.79. The van der Waals surface area contributed by atoms with E-state index in [-0.39, 0.29) is 12.4 Å². The standard InChI is InChI=1S/C10H23N3.ClH/c11-5-1-2-6-13-9-10-3-7-12-8-4-10;/h10,12-13H,1-9,11H2;1H. The summed E-state index contributed by atoms with van der Waals surface area (Å²) < 4.78 is 0. The minimum Gasteiger partial charge on any atom is -0.330 e. The number of halogens is 1. The third-order valence-corrected chi connectivity index (χ3v) is 2.70. The van der Waals surface area contributed by atoms with Crippen LogP contribution < -0.4 is 16.4 Å². The molecule has 0 aliphatic carbocycles. The summed E-state index contributed by atoms with van der Waals surface area (Å²) in [4.78, 5) is 0. The van der Waals surface area contributed by atoms with E-state index in [4.69, 9.17) is 5.73 Å². The Bertz CT molecular complexity index is 116. The van der Waals surface area contributed by atoms with Gasteiger partial charge in [-0.25, -0.2) is 0 Å². The van der Waals surface area contributed by atoms with E-state index in [0.29, 0.717) is 0 Å². The van der Waals surface area contributed by atoms with E-state index >= 15 is 0 Å². The zero-order chi connectivity index (χ0) is 9.36. The monoisotopic (exact) mass is 221 g/mol. The van der Waals surface area contributed by atoms with Crippen molar-refractivity contribution in [2.75, 3.05) is 32.7 Å². The van der Waals surface area contributed by atoms with Crippen molar-refractivity contribution in [1.82, 2.24) is 10.6 Å². The molecule has 0 atom stereocenters. The Morgan fingerprint density at radius 2 is 1.93 bits per heavy atom. The van der Waals surface area contributed by atoms with Crippen LogP contribution in [-0.4, -0.2) is 32.7 Å². The fraction of sp³-hybridized carbons (Fsp3) is 1.00. The number of hydrogen-bond acceptors (Lipinski definition) is 3. The summed E-state index contributed by atoms with van der Waals surface area (Å²) in [6.45, 7) is 5.58. The van der Waals surface area contributed by atoms with E-state index in [1.54, 1.807) is 0 Å². The first kappa shape index (κ1) is 14.2. The van der Waals surface area contributed by atoms with Crippen molar-refractivity contribution < 1.29 is 0 Å². The second-order valence-electron chi connectivity index (χ2n) is 3.89. The van der Waals surface area contributed by atoms with Gasteiger partial charge in [0.2, 0.25) is 0 Å². The number of hydrogen-bond donors (Lipinski definition) is 3. The molecule has 0 bridgehead atoms. The Morgan fingerprint density at radius 1 is 1.21 bits per heavy atom. The largest absolute Gasteiger partial charge is 0.330 e. The van der Waals surface area contributed by atoms with Crippen LogP contribution in [0, 0.1) is 5.92 Å². The minimum absolute atomic E-state index is 0. The molecule has 14 heavy (non-hydrogen) atoms. The highest BCUT2D eigenvalue weighted by Gasteiger charge is 2.11. The van der Waals surface area contributed by atoms with Crippen LogP contribution in [-0.2, 0) is 0 Å². The highest BCUT2D eigenvalue weighted by atomic mass is 35.5. The van der Waals surface area contributed by atoms with E-state index in [0.717, 1.165) is 25.4 Å². The number of nitrogens with two attached hydrogens (primary N) is 1. The van der Waals surface area contributed by atoms with Crippen LogP contribution in [0.1, 0.15) is 25.7 Å². The summed E-state index contributed by atoms with van der Waals surface area (Å²) in [6.07, 6.45) is 5.05. The molecule has 4 N–H and O–H groups in total. The molecule has 0 aromatic rings. The first-order valence-corrected chi connectivity index (χ1v) is 5.55. The molecule has 1 aliphatic rings. The molecule has 1 rings (SSSR count). The molecule has 4 heteroatoms. The van der Waals surface area contributed by atoms with Crippen molar-refractivity contribution in [1.29, 1.82) is 0 Å². The average Bonchev–Trinajstić information content (AvgIpc) is 2.19. The summed E-state index contributed by atoms with van der Waals surface area (Å²) in [5.41, 5.74) is 5.42. The maximum Gasteiger partial charge on any atom is -0.00196 e. The van der Waals surface area contributed by atoms with Crippen LogP contribution >= 0.6 is 12.4 Å². The van der Waals surface area contributed by atoms with Gasteiger partial charge in [-0.2, -0.15) is 0 Å². The van der Waals surface area contributed by atoms with Gasteiger partial charge in [-0.05, 0) is 64.3 Å². The van der Waals surface area contributed by atoms with Crippen LogP contribution in [0.3, 0.4) is 0 Å². The zero-order valence-corrected chi connectivity index (χ0v) is 9.74. The molecule has 3 nitrogen and oxygen atoms in total. The lowest BCUT2D eigenvalue weighted by Crippen LogP contribution is -2.33.